The highest BCUT2D eigenvalue weighted by atomic mass is 35.5. The van der Waals surface area contributed by atoms with Crippen molar-refractivity contribution in [2.75, 3.05) is 18.5 Å². The van der Waals surface area contributed by atoms with Gasteiger partial charge in [-0.05, 0) is 56.7 Å². The first-order chi connectivity index (χ1) is 16.3. The van der Waals surface area contributed by atoms with Crippen molar-refractivity contribution >= 4 is 35.0 Å². The van der Waals surface area contributed by atoms with Crippen LogP contribution in [0.2, 0.25) is 5.02 Å². The Balaban J connectivity index is 1.38. The van der Waals surface area contributed by atoms with Crippen molar-refractivity contribution in [2.24, 2.45) is 11.7 Å². The van der Waals surface area contributed by atoms with E-state index in [4.69, 9.17) is 22.1 Å². The maximum atomic E-state index is 13.2. The molecule has 2 aromatic rings. The molecular weight excluding hydrogens is 465 g/mol. The number of amides is 3. The smallest absolute Gasteiger partial charge is 0.272 e. The quantitative estimate of drug-likeness (QED) is 0.548. The first kappa shape index (κ1) is 24.2. The Morgan fingerprint density at radius 2 is 1.97 bits per heavy atom. The molecule has 3 amide bonds. The Morgan fingerprint density at radius 1 is 1.21 bits per heavy atom. The number of nitrogens with zero attached hydrogens (tertiary/aromatic N) is 2. The van der Waals surface area contributed by atoms with E-state index in [0.717, 1.165) is 18.9 Å². The molecule has 0 radical (unpaired) electrons. The molecule has 2 fully saturated rings. The number of nitrogens with one attached hydrogen (secondary N) is 2. The first-order valence-electron chi connectivity index (χ1n) is 11.4. The van der Waals surface area contributed by atoms with E-state index in [2.05, 4.69) is 15.6 Å². The van der Waals surface area contributed by atoms with Crippen LogP contribution in [0.15, 0.2) is 24.5 Å². The molecule has 34 heavy (non-hydrogen) atoms. The van der Waals surface area contributed by atoms with Crippen molar-refractivity contribution in [3.63, 3.8) is 0 Å². The summed E-state index contributed by atoms with van der Waals surface area (Å²) in [5, 5.41) is 5.66. The third-order valence-corrected chi connectivity index (χ3v) is 6.72. The van der Waals surface area contributed by atoms with Crippen LogP contribution in [0.25, 0.3) is 0 Å². The number of anilines is 1. The summed E-state index contributed by atoms with van der Waals surface area (Å²) in [5.74, 6) is -2.12. The van der Waals surface area contributed by atoms with E-state index in [1.54, 1.807) is 4.57 Å². The Labute approximate surface area is 201 Å². The molecule has 0 bridgehead atoms. The van der Waals surface area contributed by atoms with Gasteiger partial charge >= 0.3 is 0 Å². The molecule has 0 spiro atoms. The van der Waals surface area contributed by atoms with Crippen LogP contribution < -0.4 is 16.4 Å². The summed E-state index contributed by atoms with van der Waals surface area (Å²) in [6, 6.07) is 3.69. The molecule has 9 nitrogen and oxygen atoms in total. The average molecular weight is 492 g/mol. The predicted molar refractivity (Wildman–Crippen MR) is 123 cm³/mol. The standard InChI is InChI=1S/C23H27ClFN5O4/c24-17-10-14(25)5-8-18(17)29-22(32)13-3-6-15(7-4-13)30-12-28-19(20(30)21(26)31)23(33)27-11-16-2-1-9-34-16/h5,8,10,12-13,15-16H,1-4,6-7,9,11H2,(H2,26,31)(H,27,33)(H,29,32)/t13?,15?,16-/m1/s1. The monoisotopic (exact) mass is 491 g/mol. The highest BCUT2D eigenvalue weighted by Crippen LogP contribution is 2.34. The van der Waals surface area contributed by atoms with Gasteiger partial charge in [-0.3, -0.25) is 14.4 Å². The normalized spacial score (nSPS) is 22.4. The lowest BCUT2D eigenvalue weighted by atomic mass is 9.85. The molecule has 4 N–H and O–H groups in total. The van der Waals surface area contributed by atoms with Crippen LogP contribution in [0.4, 0.5) is 10.1 Å². The van der Waals surface area contributed by atoms with Gasteiger partial charge in [0.15, 0.2) is 5.69 Å². The lowest BCUT2D eigenvalue weighted by Crippen LogP contribution is -2.34. The van der Waals surface area contributed by atoms with Gasteiger partial charge < -0.3 is 25.7 Å². The molecular formula is C23H27ClFN5O4. The van der Waals surface area contributed by atoms with E-state index in [1.165, 1.54) is 18.5 Å². The molecule has 11 heteroatoms. The van der Waals surface area contributed by atoms with Crippen molar-refractivity contribution in [3.05, 3.63) is 46.8 Å². The number of benzene rings is 1. The van der Waals surface area contributed by atoms with E-state index in [1.807, 2.05) is 0 Å². The number of halogens is 2. The highest BCUT2D eigenvalue weighted by Gasteiger charge is 2.31. The molecule has 1 atom stereocenters. The fourth-order valence-electron chi connectivity index (χ4n) is 4.59. The van der Waals surface area contributed by atoms with Crippen LogP contribution in [-0.4, -0.2) is 46.5 Å². The number of nitrogens with two attached hydrogens (primary N) is 1. The van der Waals surface area contributed by atoms with Gasteiger partial charge in [0.1, 0.15) is 11.5 Å². The number of primary amides is 1. The minimum absolute atomic E-state index is 0.00341. The largest absolute Gasteiger partial charge is 0.376 e. The minimum Gasteiger partial charge on any atom is -0.376 e. The van der Waals surface area contributed by atoms with Crippen molar-refractivity contribution in [2.45, 2.75) is 50.7 Å². The van der Waals surface area contributed by atoms with E-state index >= 15 is 0 Å². The predicted octanol–water partition coefficient (Wildman–Crippen LogP) is 3.05. The van der Waals surface area contributed by atoms with Crippen molar-refractivity contribution in [1.29, 1.82) is 0 Å². The molecule has 1 saturated heterocycles. The zero-order valence-corrected chi connectivity index (χ0v) is 19.3. The maximum absolute atomic E-state index is 13.2. The van der Waals surface area contributed by atoms with Gasteiger partial charge in [-0.25, -0.2) is 9.37 Å². The summed E-state index contributed by atoms with van der Waals surface area (Å²) in [7, 11) is 0. The lowest BCUT2D eigenvalue weighted by Gasteiger charge is -2.29. The van der Waals surface area contributed by atoms with E-state index < -0.39 is 17.6 Å². The average Bonchev–Trinajstić information content (AvgIpc) is 3.49. The van der Waals surface area contributed by atoms with Crippen LogP contribution in [0.5, 0.6) is 0 Å². The topological polar surface area (TPSA) is 128 Å². The number of hydrogen-bond acceptors (Lipinski definition) is 5. The molecule has 182 valence electrons. The molecule has 2 aliphatic rings. The molecule has 1 saturated carbocycles. The number of carbonyl (C=O) groups excluding carboxylic acids is 3. The van der Waals surface area contributed by atoms with Gasteiger partial charge in [-0.1, -0.05) is 11.6 Å². The number of rotatable bonds is 7. The molecule has 4 rings (SSSR count). The number of ether oxygens (including phenoxy) is 1. The third-order valence-electron chi connectivity index (χ3n) is 6.41. The Morgan fingerprint density at radius 3 is 2.62 bits per heavy atom. The fraction of sp³-hybridized carbons (Fsp3) is 0.478. The molecule has 2 heterocycles. The van der Waals surface area contributed by atoms with Crippen LogP contribution >= 0.6 is 11.6 Å². The highest BCUT2D eigenvalue weighted by molar-refractivity contribution is 6.33. The zero-order chi connectivity index (χ0) is 24.2. The fourth-order valence-corrected chi connectivity index (χ4v) is 4.80. The van der Waals surface area contributed by atoms with E-state index in [-0.39, 0.29) is 40.4 Å². The number of aromatic nitrogens is 2. The summed E-state index contributed by atoms with van der Waals surface area (Å²) in [6.07, 6.45) is 5.59. The molecule has 1 aromatic heterocycles. The summed E-state index contributed by atoms with van der Waals surface area (Å²) >= 11 is 6.00. The van der Waals surface area contributed by atoms with Gasteiger partial charge in [0.2, 0.25) is 5.91 Å². The molecule has 1 aliphatic heterocycles. The van der Waals surface area contributed by atoms with E-state index in [9.17, 15) is 18.8 Å². The van der Waals surface area contributed by atoms with Crippen LogP contribution in [0.3, 0.4) is 0 Å². The Kier molecular flexibility index (Phi) is 7.47. The second-order valence-electron chi connectivity index (χ2n) is 8.68. The minimum atomic E-state index is -0.731. The van der Waals surface area contributed by atoms with Crippen molar-refractivity contribution < 1.29 is 23.5 Å². The van der Waals surface area contributed by atoms with Gasteiger partial charge in [-0.2, -0.15) is 0 Å². The molecule has 1 aliphatic carbocycles. The maximum Gasteiger partial charge on any atom is 0.272 e. The first-order valence-corrected chi connectivity index (χ1v) is 11.7. The Bertz CT molecular complexity index is 1080. The number of imidazole rings is 1. The molecule has 0 unspecified atom stereocenters. The number of hydrogen-bond donors (Lipinski definition) is 3. The van der Waals surface area contributed by atoms with Crippen LogP contribution in [0, 0.1) is 11.7 Å². The van der Waals surface area contributed by atoms with Crippen LogP contribution in [0.1, 0.15) is 65.5 Å². The van der Waals surface area contributed by atoms with Gasteiger partial charge in [0.25, 0.3) is 11.8 Å². The van der Waals surface area contributed by atoms with Crippen molar-refractivity contribution in [1.82, 2.24) is 14.9 Å². The van der Waals surface area contributed by atoms with Crippen molar-refractivity contribution in [3.8, 4) is 0 Å². The number of carbonyl (C=O) groups is 3. The molecule has 1 aromatic carbocycles. The summed E-state index contributed by atoms with van der Waals surface area (Å²) in [6.45, 7) is 1.03. The lowest BCUT2D eigenvalue weighted by molar-refractivity contribution is -0.121. The van der Waals surface area contributed by atoms with Gasteiger partial charge in [0, 0.05) is 25.1 Å². The summed E-state index contributed by atoms with van der Waals surface area (Å²) in [5.41, 5.74) is 6.02. The summed E-state index contributed by atoms with van der Waals surface area (Å²) in [4.78, 5) is 41.7. The Hall–Kier alpha value is -2.98. The second-order valence-corrected chi connectivity index (χ2v) is 9.08. The van der Waals surface area contributed by atoms with Crippen LogP contribution in [-0.2, 0) is 9.53 Å². The van der Waals surface area contributed by atoms with E-state index in [0.29, 0.717) is 44.5 Å². The van der Waals surface area contributed by atoms with Gasteiger partial charge in [0.05, 0.1) is 23.1 Å². The third kappa shape index (κ3) is 5.39. The van der Waals surface area contributed by atoms with Gasteiger partial charge in [-0.15, -0.1) is 0 Å². The summed E-state index contributed by atoms with van der Waals surface area (Å²) < 4.78 is 20.4. The SMILES string of the molecule is NC(=O)c1c(C(=O)NC[C@H]2CCCO2)ncn1C1CCC(C(=O)Nc2ccc(F)cc2Cl)CC1. The second kappa shape index (κ2) is 10.5. The zero-order valence-electron chi connectivity index (χ0n) is 18.6.